The maximum Gasteiger partial charge on any atom is 0.274 e. The summed E-state index contributed by atoms with van der Waals surface area (Å²) in [5.74, 6) is 0.348. The molecule has 2 bridgehead atoms. The van der Waals surface area contributed by atoms with Crippen LogP contribution in [0, 0.1) is 0 Å². The number of ether oxygens (including phenoxy) is 1. The Morgan fingerprint density at radius 3 is 2.62 bits per heavy atom. The molecule has 3 aromatic heterocycles. The van der Waals surface area contributed by atoms with Gasteiger partial charge < -0.3 is 25.3 Å². The van der Waals surface area contributed by atoms with E-state index in [9.17, 15) is 9.59 Å². The summed E-state index contributed by atoms with van der Waals surface area (Å²) in [5, 5.41) is 6.89. The lowest BCUT2D eigenvalue weighted by molar-refractivity contribution is -0.117. The molecule has 3 aliphatic heterocycles. The Balaban J connectivity index is 1.00. The van der Waals surface area contributed by atoms with Crippen LogP contribution in [-0.2, 0) is 16.1 Å². The van der Waals surface area contributed by atoms with E-state index in [0.717, 1.165) is 79.1 Å². The van der Waals surface area contributed by atoms with Crippen molar-refractivity contribution in [3.63, 3.8) is 0 Å². The number of carbonyl (C=O) groups excluding carboxylic acids is 2. The van der Waals surface area contributed by atoms with Crippen LogP contribution in [0.25, 0.3) is 22.3 Å². The first kappa shape index (κ1) is 29.4. The number of nitrogens with zero attached hydrogens (tertiary/aromatic N) is 5. The number of nitrogens with one attached hydrogen (secondary N) is 3. The highest BCUT2D eigenvalue weighted by atomic mass is 35.5. The molecule has 6 heterocycles. The maximum absolute atomic E-state index is 13.1. The third-order valence-electron chi connectivity index (χ3n) is 8.89. The van der Waals surface area contributed by atoms with Crippen molar-refractivity contribution in [2.45, 2.75) is 50.4 Å². The SMILES string of the molecule is C=C(Cl)C(=O)N[C@@H]1CCCN(Cc2ccnc(C(=O)Nc3ccc(-c4cc5c(N6[C@@H]7CC[C@H]6COC7)ncnc5[nH]4)cc3)c2)C1. The van der Waals surface area contributed by atoms with E-state index in [0.29, 0.717) is 36.6 Å². The summed E-state index contributed by atoms with van der Waals surface area (Å²) in [6, 6.07) is 14.3. The topological polar surface area (TPSA) is 128 Å². The van der Waals surface area contributed by atoms with Gasteiger partial charge in [-0.1, -0.05) is 30.3 Å². The van der Waals surface area contributed by atoms with E-state index in [1.165, 1.54) is 0 Å². The number of fused-ring (bicyclic) bond motifs is 3. The minimum atomic E-state index is -0.334. The average Bonchev–Trinajstić information content (AvgIpc) is 3.59. The van der Waals surface area contributed by atoms with E-state index in [2.05, 4.69) is 53.0 Å². The summed E-state index contributed by atoms with van der Waals surface area (Å²) in [6.45, 7) is 7.22. The van der Waals surface area contributed by atoms with Gasteiger partial charge >= 0.3 is 0 Å². The van der Waals surface area contributed by atoms with Crippen molar-refractivity contribution in [1.29, 1.82) is 0 Å². The Labute approximate surface area is 266 Å². The molecule has 232 valence electrons. The quantitative estimate of drug-likeness (QED) is 0.244. The molecule has 3 fully saturated rings. The van der Waals surface area contributed by atoms with Crippen LogP contribution in [0.1, 0.15) is 41.7 Å². The van der Waals surface area contributed by atoms with E-state index < -0.39 is 0 Å². The lowest BCUT2D eigenvalue weighted by atomic mass is 10.0. The fraction of sp³-hybridized carbons (Fsp3) is 0.364. The Kier molecular flexibility index (Phi) is 8.22. The van der Waals surface area contributed by atoms with Crippen molar-refractivity contribution in [3.05, 3.63) is 77.9 Å². The molecule has 4 aromatic rings. The average molecular weight is 627 g/mol. The molecule has 0 aliphatic carbocycles. The predicted octanol–water partition coefficient (Wildman–Crippen LogP) is 4.47. The number of carbonyl (C=O) groups is 2. The van der Waals surface area contributed by atoms with Crippen molar-refractivity contribution < 1.29 is 14.3 Å². The number of aromatic nitrogens is 4. The summed E-state index contributed by atoms with van der Waals surface area (Å²) < 4.78 is 5.77. The van der Waals surface area contributed by atoms with Gasteiger partial charge in [0, 0.05) is 36.7 Å². The number of hydrogen-bond donors (Lipinski definition) is 3. The van der Waals surface area contributed by atoms with Gasteiger partial charge in [-0.15, -0.1) is 0 Å². The smallest absolute Gasteiger partial charge is 0.274 e. The molecular weight excluding hydrogens is 592 g/mol. The zero-order valence-electron chi connectivity index (χ0n) is 24.8. The number of halogens is 1. The van der Waals surface area contributed by atoms with Gasteiger partial charge in [-0.25, -0.2) is 9.97 Å². The van der Waals surface area contributed by atoms with Gasteiger partial charge in [0.2, 0.25) is 0 Å². The first-order chi connectivity index (χ1) is 21.9. The molecule has 11 nitrogen and oxygen atoms in total. The number of aromatic amines is 1. The van der Waals surface area contributed by atoms with E-state index in [4.69, 9.17) is 16.3 Å². The molecule has 45 heavy (non-hydrogen) atoms. The lowest BCUT2D eigenvalue weighted by Gasteiger charge is -2.35. The Bertz CT molecular complexity index is 1730. The maximum atomic E-state index is 13.1. The molecule has 2 amide bonds. The Hall–Kier alpha value is -4.32. The number of amides is 2. The highest BCUT2D eigenvalue weighted by Gasteiger charge is 2.39. The highest BCUT2D eigenvalue weighted by molar-refractivity contribution is 6.41. The molecule has 3 saturated heterocycles. The summed E-state index contributed by atoms with van der Waals surface area (Å²) in [6.07, 6.45) is 7.36. The van der Waals surface area contributed by atoms with Crippen LogP contribution < -0.4 is 15.5 Å². The number of pyridine rings is 1. The van der Waals surface area contributed by atoms with E-state index >= 15 is 0 Å². The van der Waals surface area contributed by atoms with Gasteiger partial charge in [-0.3, -0.25) is 19.5 Å². The van der Waals surface area contributed by atoms with E-state index in [1.54, 1.807) is 12.5 Å². The number of piperidine rings is 1. The first-order valence-corrected chi connectivity index (χ1v) is 15.7. The molecule has 12 heteroatoms. The summed E-state index contributed by atoms with van der Waals surface area (Å²) in [7, 11) is 0. The number of benzene rings is 1. The van der Waals surface area contributed by atoms with Gasteiger partial charge in [-0.2, -0.15) is 0 Å². The minimum absolute atomic E-state index is 0.00791. The van der Waals surface area contributed by atoms with Crippen LogP contribution in [0.2, 0.25) is 0 Å². The third-order valence-corrected chi connectivity index (χ3v) is 9.07. The summed E-state index contributed by atoms with van der Waals surface area (Å²) >= 11 is 5.73. The molecular formula is C33H35ClN8O3. The molecule has 1 aromatic carbocycles. The number of anilines is 2. The molecule has 0 spiro atoms. The predicted molar refractivity (Wildman–Crippen MR) is 173 cm³/mol. The fourth-order valence-corrected chi connectivity index (χ4v) is 6.78. The molecule has 0 radical (unpaired) electrons. The molecule has 3 atom stereocenters. The van der Waals surface area contributed by atoms with Crippen molar-refractivity contribution in [2.24, 2.45) is 0 Å². The molecule has 0 saturated carbocycles. The van der Waals surface area contributed by atoms with E-state index in [-0.39, 0.29) is 22.9 Å². The van der Waals surface area contributed by atoms with Gasteiger partial charge in [0.15, 0.2) is 0 Å². The molecule has 7 rings (SSSR count). The van der Waals surface area contributed by atoms with Crippen molar-refractivity contribution in [3.8, 4) is 11.3 Å². The van der Waals surface area contributed by atoms with Crippen molar-refractivity contribution in [2.75, 3.05) is 36.5 Å². The van der Waals surface area contributed by atoms with Crippen molar-refractivity contribution >= 4 is 46.0 Å². The normalized spacial score (nSPS) is 21.5. The molecule has 3 aliphatic rings. The van der Waals surface area contributed by atoms with Gasteiger partial charge in [0.25, 0.3) is 11.8 Å². The molecule has 3 N–H and O–H groups in total. The lowest BCUT2D eigenvalue weighted by Crippen LogP contribution is -2.47. The van der Waals surface area contributed by atoms with Crippen LogP contribution >= 0.6 is 11.6 Å². The zero-order valence-corrected chi connectivity index (χ0v) is 25.6. The fourth-order valence-electron chi connectivity index (χ4n) is 6.73. The summed E-state index contributed by atoms with van der Waals surface area (Å²) in [5.41, 5.74) is 4.71. The summed E-state index contributed by atoms with van der Waals surface area (Å²) in [4.78, 5) is 46.6. The monoisotopic (exact) mass is 626 g/mol. The third kappa shape index (κ3) is 6.28. The molecule has 0 unspecified atom stereocenters. The first-order valence-electron chi connectivity index (χ1n) is 15.4. The van der Waals surface area contributed by atoms with Crippen LogP contribution in [-0.4, -0.2) is 81.1 Å². The number of hydrogen-bond acceptors (Lipinski definition) is 8. The number of H-pyrrole nitrogens is 1. The minimum Gasteiger partial charge on any atom is -0.377 e. The second-order valence-corrected chi connectivity index (χ2v) is 12.5. The standard InChI is InChI=1S/C33H35ClN8O3/c1-20(34)32(43)39-24-3-2-12-41(16-24)15-21-10-11-35-29(13-21)33(44)38-23-6-4-22(5-7-23)28-14-27-30(40-28)36-19-37-31(27)42-25-8-9-26(42)18-45-17-25/h4-7,10-11,13-14,19,24-26H,1-3,8-9,12,15-18H2,(H,38,44)(H,39,43)(H,36,37,40)/t24-,25-,26+/m1/s1. The number of morpholine rings is 1. The van der Waals surface area contributed by atoms with Crippen LogP contribution in [0.15, 0.2) is 66.6 Å². The van der Waals surface area contributed by atoms with Crippen LogP contribution in [0.4, 0.5) is 11.5 Å². The second-order valence-electron chi connectivity index (χ2n) is 12.0. The largest absolute Gasteiger partial charge is 0.377 e. The number of rotatable bonds is 8. The van der Waals surface area contributed by atoms with Crippen LogP contribution in [0.5, 0.6) is 0 Å². The highest BCUT2D eigenvalue weighted by Crippen LogP contribution is 2.37. The van der Waals surface area contributed by atoms with E-state index in [1.807, 2.05) is 36.4 Å². The Morgan fingerprint density at radius 1 is 1.04 bits per heavy atom. The van der Waals surface area contributed by atoms with Crippen molar-refractivity contribution in [1.82, 2.24) is 30.2 Å². The second kappa shape index (κ2) is 12.6. The van der Waals surface area contributed by atoms with Gasteiger partial charge in [0.05, 0.1) is 35.7 Å². The zero-order chi connectivity index (χ0) is 30.9. The van der Waals surface area contributed by atoms with Crippen LogP contribution in [0.3, 0.4) is 0 Å². The van der Waals surface area contributed by atoms with Gasteiger partial charge in [-0.05, 0) is 73.7 Å². The Morgan fingerprint density at radius 2 is 1.84 bits per heavy atom. The number of likely N-dealkylation sites (tertiary alicyclic amines) is 1. The van der Waals surface area contributed by atoms with Gasteiger partial charge in [0.1, 0.15) is 23.5 Å².